The summed E-state index contributed by atoms with van der Waals surface area (Å²) in [6, 6.07) is 0. The molecular formula is C75H139NO8. The third-order valence-electron chi connectivity index (χ3n) is 16.3. The molecule has 0 amide bonds. The van der Waals surface area contributed by atoms with Gasteiger partial charge in [0.15, 0.2) is 12.4 Å². The summed E-state index contributed by atoms with van der Waals surface area (Å²) in [6.45, 7) is 4.70. The van der Waals surface area contributed by atoms with E-state index in [4.69, 9.17) is 18.9 Å². The number of likely N-dealkylation sites (N-methyl/N-ethyl adjacent to an activating group) is 1. The summed E-state index contributed by atoms with van der Waals surface area (Å²) in [5.74, 6) is -2.26. The highest BCUT2D eigenvalue weighted by Gasteiger charge is 2.22. The highest BCUT2D eigenvalue weighted by molar-refractivity contribution is 5.70. The zero-order valence-electron chi connectivity index (χ0n) is 56.3. The summed E-state index contributed by atoms with van der Waals surface area (Å²) in [5.41, 5.74) is 0. The van der Waals surface area contributed by atoms with Crippen LogP contribution in [0.2, 0.25) is 0 Å². The van der Waals surface area contributed by atoms with Crippen molar-refractivity contribution < 1.29 is 42.9 Å². The predicted molar refractivity (Wildman–Crippen MR) is 357 cm³/mol. The Bertz CT molecular complexity index is 1520. The summed E-state index contributed by atoms with van der Waals surface area (Å²) in [6.07, 6.45) is 82.1. The molecule has 84 heavy (non-hydrogen) atoms. The van der Waals surface area contributed by atoms with Crippen molar-refractivity contribution >= 4 is 17.9 Å². The topological polar surface area (TPSA) is 111 Å². The Labute approximate surface area is 521 Å². The molecule has 0 aromatic rings. The van der Waals surface area contributed by atoms with E-state index in [1.165, 1.54) is 257 Å². The van der Waals surface area contributed by atoms with Gasteiger partial charge in [-0.1, -0.05) is 339 Å². The van der Waals surface area contributed by atoms with Crippen LogP contribution in [0.15, 0.2) is 48.6 Å². The van der Waals surface area contributed by atoms with Crippen LogP contribution in [0, 0.1) is 0 Å². The second kappa shape index (κ2) is 66.2. The van der Waals surface area contributed by atoms with E-state index in [-0.39, 0.29) is 32.2 Å². The van der Waals surface area contributed by atoms with Gasteiger partial charge in [0.05, 0.1) is 40.3 Å². The zero-order valence-corrected chi connectivity index (χ0v) is 56.3. The molecule has 0 heterocycles. The molecule has 0 aromatic heterocycles. The lowest BCUT2D eigenvalue weighted by molar-refractivity contribution is -0.870. The molecule has 0 N–H and O–H groups in total. The van der Waals surface area contributed by atoms with Gasteiger partial charge in [-0.15, -0.1) is 0 Å². The Hall–Kier alpha value is -2.75. The lowest BCUT2D eigenvalue weighted by Crippen LogP contribution is -2.44. The van der Waals surface area contributed by atoms with Gasteiger partial charge in [0.1, 0.15) is 13.2 Å². The maximum Gasteiger partial charge on any atom is 0.306 e. The molecule has 0 radical (unpaired) electrons. The van der Waals surface area contributed by atoms with E-state index in [1.807, 2.05) is 21.1 Å². The number of quaternary nitrogens is 1. The number of rotatable bonds is 68. The molecule has 0 saturated carbocycles. The van der Waals surface area contributed by atoms with Gasteiger partial charge in [0.2, 0.25) is 0 Å². The number of hydrogen-bond acceptors (Lipinski definition) is 8. The van der Waals surface area contributed by atoms with Gasteiger partial charge >= 0.3 is 11.9 Å². The summed E-state index contributed by atoms with van der Waals surface area (Å²) in [4.78, 5) is 37.5. The van der Waals surface area contributed by atoms with Crippen molar-refractivity contribution in [2.45, 2.75) is 367 Å². The number of carbonyl (C=O) groups excluding carboxylic acids is 3. The average molecular weight is 1180 g/mol. The van der Waals surface area contributed by atoms with E-state index in [2.05, 4.69) is 62.5 Å². The Morgan fingerprint density at radius 2 is 0.679 bits per heavy atom. The summed E-state index contributed by atoms with van der Waals surface area (Å²) >= 11 is 0. The summed E-state index contributed by atoms with van der Waals surface area (Å²) < 4.78 is 22.8. The number of carboxylic acids is 1. The molecule has 0 fully saturated rings. The van der Waals surface area contributed by atoms with Crippen molar-refractivity contribution in [2.75, 3.05) is 47.5 Å². The number of hydrogen-bond donors (Lipinski definition) is 0. The minimum atomic E-state index is -1.62. The van der Waals surface area contributed by atoms with Gasteiger partial charge in [-0.2, -0.15) is 0 Å². The summed E-state index contributed by atoms with van der Waals surface area (Å²) in [7, 11) is 5.94. The first kappa shape index (κ1) is 81.2. The number of carboxylic acid groups (broad SMARTS) is 1. The molecule has 9 heteroatoms. The van der Waals surface area contributed by atoms with Gasteiger partial charge in [-0.3, -0.25) is 9.59 Å². The van der Waals surface area contributed by atoms with Crippen LogP contribution in [-0.2, 0) is 33.3 Å². The van der Waals surface area contributed by atoms with Crippen LogP contribution < -0.4 is 5.11 Å². The molecule has 2 atom stereocenters. The van der Waals surface area contributed by atoms with Crippen molar-refractivity contribution in [1.82, 2.24) is 0 Å². The second-order valence-electron chi connectivity index (χ2n) is 25.9. The predicted octanol–water partition coefficient (Wildman–Crippen LogP) is 21.2. The molecule has 2 unspecified atom stereocenters. The Kier molecular flexibility index (Phi) is 64.0. The van der Waals surface area contributed by atoms with Crippen molar-refractivity contribution in [3.05, 3.63) is 48.6 Å². The van der Waals surface area contributed by atoms with Crippen LogP contribution in [0.25, 0.3) is 0 Å². The number of aliphatic carboxylic acids is 1. The van der Waals surface area contributed by atoms with E-state index in [0.717, 1.165) is 64.2 Å². The van der Waals surface area contributed by atoms with Crippen LogP contribution in [0.5, 0.6) is 0 Å². The third-order valence-corrected chi connectivity index (χ3v) is 16.3. The van der Waals surface area contributed by atoms with Crippen LogP contribution in [0.3, 0.4) is 0 Å². The van der Waals surface area contributed by atoms with E-state index in [0.29, 0.717) is 23.9 Å². The fourth-order valence-electron chi connectivity index (χ4n) is 10.8. The Balaban J connectivity index is 4.02. The van der Waals surface area contributed by atoms with Crippen LogP contribution in [0.1, 0.15) is 354 Å². The fraction of sp³-hybridized carbons (Fsp3) is 0.853. The highest BCUT2D eigenvalue weighted by Crippen LogP contribution is 2.19. The average Bonchev–Trinajstić information content (AvgIpc) is 3.52. The fourth-order valence-corrected chi connectivity index (χ4v) is 10.8. The van der Waals surface area contributed by atoms with E-state index in [9.17, 15) is 19.5 Å². The first-order valence-electron chi connectivity index (χ1n) is 36.3. The smallest absolute Gasteiger partial charge is 0.306 e. The van der Waals surface area contributed by atoms with E-state index < -0.39 is 24.3 Å². The zero-order chi connectivity index (χ0) is 61.2. The van der Waals surface area contributed by atoms with Gasteiger partial charge in [-0.25, -0.2) is 0 Å². The van der Waals surface area contributed by atoms with Gasteiger partial charge in [0, 0.05) is 12.8 Å². The molecule has 0 aliphatic rings. The van der Waals surface area contributed by atoms with Crippen molar-refractivity contribution in [1.29, 1.82) is 0 Å². The molecule has 0 aliphatic carbocycles. The molecule has 492 valence electrons. The van der Waals surface area contributed by atoms with Gasteiger partial charge < -0.3 is 33.3 Å². The monoisotopic (exact) mass is 1180 g/mol. The SMILES string of the molecule is CC/C=C\C/C=C\C/C=C\C/C=C\CCCCCCCCCCCCCCC(=O)OC(COC(=O)CCCCCCCCCCCCCCCCCCCCCCCCCCCCCCCCCCCC)COC(OCC[N+](C)(C)C)C(=O)[O-]. The lowest BCUT2D eigenvalue weighted by Gasteiger charge is -2.26. The molecule has 0 saturated heterocycles. The van der Waals surface area contributed by atoms with E-state index in [1.54, 1.807) is 0 Å². The van der Waals surface area contributed by atoms with Crippen molar-refractivity contribution in [2.24, 2.45) is 0 Å². The number of carbonyl (C=O) groups is 3. The van der Waals surface area contributed by atoms with Crippen LogP contribution >= 0.6 is 0 Å². The van der Waals surface area contributed by atoms with Gasteiger partial charge in [0.25, 0.3) is 0 Å². The standard InChI is InChI=1S/C75H139NO8/c1-6-8-10-12-14-16-18-20-22-24-26-28-30-32-33-34-35-36-37-38-39-40-42-43-45-47-49-51-53-55-57-59-61-63-65-72(77)82-69-71(70-83-75(74(79)80)81-68-67-76(3,4)5)84-73(78)66-64-62-60-58-56-54-52-50-48-46-44-41-31-29-27-25-23-21-19-17-15-13-11-9-7-2/h9,11,15,17,21,23,27,29,71,75H,6-8,10,12-14,16,18-20,22,24-26,28,30-70H2,1-5H3/b11-9-,17-15-,23-21-,29-27-. The largest absolute Gasteiger partial charge is 0.545 e. The second-order valence-corrected chi connectivity index (χ2v) is 25.9. The minimum Gasteiger partial charge on any atom is -0.545 e. The first-order chi connectivity index (χ1) is 41.1. The molecule has 0 aromatic carbocycles. The number of esters is 2. The molecule has 0 aliphatic heterocycles. The maximum absolute atomic E-state index is 12.9. The number of ether oxygens (including phenoxy) is 4. The lowest BCUT2D eigenvalue weighted by atomic mass is 10.0. The van der Waals surface area contributed by atoms with Crippen molar-refractivity contribution in [3.8, 4) is 0 Å². The molecular weight excluding hydrogens is 1040 g/mol. The van der Waals surface area contributed by atoms with Crippen LogP contribution in [0.4, 0.5) is 0 Å². The molecule has 0 rings (SSSR count). The Morgan fingerprint density at radius 3 is 1.01 bits per heavy atom. The van der Waals surface area contributed by atoms with E-state index >= 15 is 0 Å². The third kappa shape index (κ3) is 66.8. The first-order valence-corrected chi connectivity index (χ1v) is 36.3. The number of unbranched alkanes of at least 4 members (excludes halogenated alkanes) is 45. The molecule has 0 spiro atoms. The van der Waals surface area contributed by atoms with Crippen molar-refractivity contribution in [3.63, 3.8) is 0 Å². The molecule has 0 bridgehead atoms. The summed E-state index contributed by atoms with van der Waals surface area (Å²) in [5, 5.41) is 11.8. The quantitative estimate of drug-likeness (QED) is 0.0195. The van der Waals surface area contributed by atoms with Crippen LogP contribution in [-0.4, -0.2) is 82.3 Å². The Morgan fingerprint density at radius 1 is 0.369 bits per heavy atom. The highest BCUT2D eigenvalue weighted by atomic mass is 16.7. The minimum absolute atomic E-state index is 0.148. The number of allylic oxidation sites excluding steroid dienone is 8. The molecule has 9 nitrogen and oxygen atoms in total. The number of nitrogens with zero attached hydrogens (tertiary/aromatic N) is 1. The maximum atomic E-state index is 12.9. The van der Waals surface area contributed by atoms with Gasteiger partial charge in [-0.05, 0) is 51.4 Å². The normalized spacial score (nSPS) is 12.9.